The summed E-state index contributed by atoms with van der Waals surface area (Å²) in [5.74, 6) is -0.339. The Morgan fingerprint density at radius 1 is 1.26 bits per heavy atom. The van der Waals surface area contributed by atoms with E-state index in [1.54, 1.807) is 36.4 Å². The van der Waals surface area contributed by atoms with Crippen LogP contribution in [-0.2, 0) is 16.0 Å². The summed E-state index contributed by atoms with van der Waals surface area (Å²) in [4.78, 5) is 31.5. The molecule has 1 aliphatic heterocycles. The number of aromatic nitrogens is 1. The number of carbonyl (C=O) groups excluding carboxylic acids is 2. The van der Waals surface area contributed by atoms with E-state index < -0.39 is 5.41 Å². The molecule has 1 saturated heterocycles. The van der Waals surface area contributed by atoms with Crippen molar-refractivity contribution < 1.29 is 14.3 Å². The van der Waals surface area contributed by atoms with E-state index in [0.717, 1.165) is 12.0 Å². The minimum atomic E-state index is -0.762. The number of carbonyl (C=O) groups is 2. The Bertz CT molecular complexity index is 812. The van der Waals surface area contributed by atoms with Crippen LogP contribution in [0.4, 0.5) is 0 Å². The molecular formula is C21H23ClN2O3. The van der Waals surface area contributed by atoms with Crippen molar-refractivity contribution in [2.24, 2.45) is 5.41 Å². The summed E-state index contributed by atoms with van der Waals surface area (Å²) in [6.45, 7) is 3.07. The number of piperidine rings is 1. The first-order valence-corrected chi connectivity index (χ1v) is 9.53. The highest BCUT2D eigenvalue weighted by atomic mass is 35.5. The predicted molar refractivity (Wildman–Crippen MR) is 104 cm³/mol. The van der Waals surface area contributed by atoms with Crippen LogP contribution in [0.25, 0.3) is 0 Å². The Kier molecular flexibility index (Phi) is 6.11. The highest BCUT2D eigenvalue weighted by Gasteiger charge is 2.44. The van der Waals surface area contributed by atoms with Crippen LogP contribution in [-0.4, -0.2) is 41.5 Å². The number of amides is 1. The maximum Gasteiger partial charge on any atom is 0.314 e. The molecule has 0 N–H and O–H groups in total. The minimum absolute atomic E-state index is 0.0862. The molecule has 6 heteroatoms. The number of ether oxygens (including phenoxy) is 1. The highest BCUT2D eigenvalue weighted by Crippen LogP contribution is 2.36. The predicted octanol–water partition coefficient (Wildman–Crippen LogP) is 3.76. The second-order valence-electron chi connectivity index (χ2n) is 6.87. The fourth-order valence-corrected chi connectivity index (χ4v) is 3.90. The summed E-state index contributed by atoms with van der Waals surface area (Å²) >= 11 is 6.12. The number of esters is 1. The summed E-state index contributed by atoms with van der Waals surface area (Å²) in [6.07, 6.45) is 5.12. The molecule has 1 amide bonds. The van der Waals surface area contributed by atoms with E-state index in [4.69, 9.17) is 16.3 Å². The number of halogens is 1. The molecule has 3 rings (SSSR count). The van der Waals surface area contributed by atoms with Gasteiger partial charge in [0.1, 0.15) is 0 Å². The lowest BCUT2D eigenvalue weighted by Gasteiger charge is -2.41. The zero-order chi connectivity index (χ0) is 19.3. The smallest absolute Gasteiger partial charge is 0.314 e. The van der Waals surface area contributed by atoms with Crippen LogP contribution in [0.5, 0.6) is 0 Å². The zero-order valence-electron chi connectivity index (χ0n) is 15.4. The number of likely N-dealkylation sites (tertiary alicyclic amines) is 1. The number of nitrogens with zero attached hydrogens (tertiary/aromatic N) is 2. The number of hydrogen-bond acceptors (Lipinski definition) is 4. The van der Waals surface area contributed by atoms with E-state index in [2.05, 4.69) is 4.98 Å². The molecule has 1 aliphatic rings. The molecule has 0 spiro atoms. The molecule has 2 heterocycles. The molecule has 0 unspecified atom stereocenters. The van der Waals surface area contributed by atoms with Gasteiger partial charge in [0.2, 0.25) is 0 Å². The van der Waals surface area contributed by atoms with Gasteiger partial charge >= 0.3 is 5.97 Å². The van der Waals surface area contributed by atoms with Crippen LogP contribution in [0.3, 0.4) is 0 Å². The Morgan fingerprint density at radius 3 is 2.74 bits per heavy atom. The standard InChI is InChI=1S/C21H23ClN2O3/c1-2-27-20(26)21(14-16-5-3-6-18(22)13-16)9-4-12-24(15-21)19(25)17-7-10-23-11-8-17/h3,5-8,10-11,13H,2,4,9,12,14-15H2,1H3/t21-/m0/s1. The lowest BCUT2D eigenvalue weighted by molar-refractivity contribution is -0.158. The molecule has 1 atom stereocenters. The van der Waals surface area contributed by atoms with Crippen molar-refractivity contribution in [3.63, 3.8) is 0 Å². The zero-order valence-corrected chi connectivity index (χ0v) is 16.1. The number of benzene rings is 1. The molecule has 1 aromatic carbocycles. The molecule has 0 aliphatic carbocycles. The minimum Gasteiger partial charge on any atom is -0.466 e. The normalized spacial score (nSPS) is 19.6. The maximum absolute atomic E-state index is 12.9. The Hall–Kier alpha value is -2.40. The van der Waals surface area contributed by atoms with Gasteiger partial charge in [0.15, 0.2) is 0 Å². The first-order valence-electron chi connectivity index (χ1n) is 9.15. The monoisotopic (exact) mass is 386 g/mol. The molecule has 142 valence electrons. The Balaban J connectivity index is 1.88. The van der Waals surface area contributed by atoms with Gasteiger partial charge in [-0.25, -0.2) is 0 Å². The van der Waals surface area contributed by atoms with Gasteiger partial charge in [0.25, 0.3) is 5.91 Å². The van der Waals surface area contributed by atoms with E-state index in [1.807, 2.05) is 24.3 Å². The molecular weight excluding hydrogens is 364 g/mol. The van der Waals surface area contributed by atoms with E-state index in [0.29, 0.717) is 43.1 Å². The van der Waals surface area contributed by atoms with E-state index in [-0.39, 0.29) is 11.9 Å². The second kappa shape index (κ2) is 8.53. The third kappa shape index (κ3) is 4.48. The lowest BCUT2D eigenvalue weighted by Crippen LogP contribution is -2.51. The summed E-state index contributed by atoms with van der Waals surface area (Å²) in [5.41, 5.74) is 0.780. The summed E-state index contributed by atoms with van der Waals surface area (Å²) in [6, 6.07) is 10.9. The van der Waals surface area contributed by atoms with Crippen molar-refractivity contribution in [1.29, 1.82) is 0 Å². The third-order valence-corrected chi connectivity index (χ3v) is 5.17. The number of rotatable bonds is 5. The summed E-state index contributed by atoms with van der Waals surface area (Å²) in [5, 5.41) is 0.632. The largest absolute Gasteiger partial charge is 0.466 e. The Morgan fingerprint density at radius 2 is 2.04 bits per heavy atom. The molecule has 0 bridgehead atoms. The SMILES string of the molecule is CCOC(=O)[C@]1(Cc2cccc(Cl)c2)CCCN(C(=O)c2ccncc2)C1. The first-order chi connectivity index (χ1) is 13.0. The van der Waals surface area contributed by atoms with Gasteiger partial charge in [0.05, 0.1) is 12.0 Å². The van der Waals surface area contributed by atoms with Crippen molar-refractivity contribution in [2.75, 3.05) is 19.7 Å². The van der Waals surface area contributed by atoms with Gasteiger partial charge in [-0.15, -0.1) is 0 Å². The fourth-order valence-electron chi connectivity index (χ4n) is 3.69. The number of pyridine rings is 1. The van der Waals surface area contributed by atoms with E-state index >= 15 is 0 Å². The maximum atomic E-state index is 12.9. The van der Waals surface area contributed by atoms with Crippen molar-refractivity contribution in [3.05, 3.63) is 64.9 Å². The molecule has 1 aromatic heterocycles. The topological polar surface area (TPSA) is 59.5 Å². The molecule has 5 nitrogen and oxygen atoms in total. The molecule has 0 radical (unpaired) electrons. The third-order valence-electron chi connectivity index (χ3n) is 4.93. The molecule has 2 aromatic rings. The van der Waals surface area contributed by atoms with Gasteiger partial charge in [-0.05, 0) is 56.0 Å². The van der Waals surface area contributed by atoms with Gasteiger partial charge < -0.3 is 9.64 Å². The van der Waals surface area contributed by atoms with Crippen molar-refractivity contribution in [2.45, 2.75) is 26.2 Å². The number of hydrogen-bond donors (Lipinski definition) is 0. The van der Waals surface area contributed by atoms with Gasteiger partial charge in [-0.1, -0.05) is 23.7 Å². The summed E-state index contributed by atoms with van der Waals surface area (Å²) < 4.78 is 5.40. The van der Waals surface area contributed by atoms with E-state index in [1.165, 1.54) is 0 Å². The lowest BCUT2D eigenvalue weighted by atomic mass is 9.75. The fraction of sp³-hybridized carbons (Fsp3) is 0.381. The van der Waals surface area contributed by atoms with Crippen LogP contribution < -0.4 is 0 Å². The van der Waals surface area contributed by atoms with Crippen LogP contribution in [0.15, 0.2) is 48.8 Å². The van der Waals surface area contributed by atoms with Crippen LogP contribution in [0.2, 0.25) is 5.02 Å². The van der Waals surface area contributed by atoms with Crippen molar-refractivity contribution >= 4 is 23.5 Å². The van der Waals surface area contributed by atoms with Crippen LogP contribution >= 0.6 is 11.6 Å². The molecule has 27 heavy (non-hydrogen) atoms. The van der Waals surface area contributed by atoms with Gasteiger partial charge in [-0.2, -0.15) is 0 Å². The van der Waals surface area contributed by atoms with Gasteiger partial charge in [-0.3, -0.25) is 14.6 Å². The average molecular weight is 387 g/mol. The summed E-state index contributed by atoms with van der Waals surface area (Å²) in [7, 11) is 0. The Labute approximate surface area is 164 Å². The van der Waals surface area contributed by atoms with Crippen LogP contribution in [0.1, 0.15) is 35.7 Å². The first kappa shape index (κ1) is 19.4. The molecule has 1 fully saturated rings. The van der Waals surface area contributed by atoms with Crippen molar-refractivity contribution in [1.82, 2.24) is 9.88 Å². The van der Waals surface area contributed by atoms with E-state index in [9.17, 15) is 9.59 Å². The van der Waals surface area contributed by atoms with Crippen molar-refractivity contribution in [3.8, 4) is 0 Å². The quantitative estimate of drug-likeness (QED) is 0.734. The second-order valence-corrected chi connectivity index (χ2v) is 7.31. The highest BCUT2D eigenvalue weighted by molar-refractivity contribution is 6.30. The molecule has 0 saturated carbocycles. The van der Waals surface area contributed by atoms with Gasteiger partial charge in [0, 0.05) is 36.1 Å². The average Bonchev–Trinajstić information content (AvgIpc) is 2.68. The van der Waals surface area contributed by atoms with Crippen LogP contribution in [0, 0.1) is 5.41 Å².